The van der Waals surface area contributed by atoms with Crippen molar-refractivity contribution in [3.63, 3.8) is 0 Å². The number of thiazole rings is 1. The van der Waals surface area contributed by atoms with Crippen LogP contribution in [0.1, 0.15) is 24.4 Å². The molecule has 0 aliphatic carbocycles. The molecule has 2 nitrogen and oxygen atoms in total. The van der Waals surface area contributed by atoms with Gasteiger partial charge in [-0.25, -0.2) is 4.98 Å². The Bertz CT molecular complexity index is 528. The van der Waals surface area contributed by atoms with Gasteiger partial charge in [0.15, 0.2) is 0 Å². The van der Waals surface area contributed by atoms with Crippen LogP contribution in [-0.4, -0.2) is 11.5 Å². The second-order valence-electron chi connectivity index (χ2n) is 4.65. The summed E-state index contributed by atoms with van der Waals surface area (Å²) in [4.78, 5) is 7.16. The molecule has 0 unspecified atom stereocenters. The quantitative estimate of drug-likeness (QED) is 0.916. The van der Waals surface area contributed by atoms with Crippen LogP contribution in [0.4, 0.5) is 0 Å². The number of halogens is 1. The molecule has 2 N–H and O–H groups in total. The van der Waals surface area contributed by atoms with Gasteiger partial charge in [-0.15, -0.1) is 22.7 Å². The normalized spacial score (nSPS) is 12.1. The van der Waals surface area contributed by atoms with Crippen molar-refractivity contribution >= 4 is 38.6 Å². The molecule has 0 fully saturated rings. The fraction of sp³-hybridized carbons (Fsp3) is 0.417. The molecule has 2 aromatic rings. The van der Waals surface area contributed by atoms with Crippen LogP contribution in [0.5, 0.6) is 0 Å². The lowest BCUT2D eigenvalue weighted by atomic mass is 9.91. The largest absolute Gasteiger partial charge is 0.330 e. The molecule has 0 amide bonds. The van der Waals surface area contributed by atoms with E-state index < -0.39 is 0 Å². The predicted octanol–water partition coefficient (Wildman–Crippen LogP) is 4.18. The Hall–Kier alpha value is -0.230. The number of rotatable bonds is 3. The summed E-state index contributed by atoms with van der Waals surface area (Å²) in [5.74, 6) is 0. The Morgan fingerprint density at radius 1 is 1.47 bits per heavy atom. The second-order valence-corrected chi connectivity index (χ2v) is 7.48. The van der Waals surface area contributed by atoms with Gasteiger partial charge in [0.2, 0.25) is 0 Å². The third-order valence-corrected chi connectivity index (χ3v) is 6.08. The molecule has 17 heavy (non-hydrogen) atoms. The Labute approximate surface area is 118 Å². The zero-order valence-electron chi connectivity index (χ0n) is 10.1. The van der Waals surface area contributed by atoms with Gasteiger partial charge in [-0.2, -0.15) is 0 Å². The molecule has 0 aliphatic heterocycles. The maximum Gasteiger partial charge on any atom is 0.133 e. The molecule has 0 saturated carbocycles. The molecule has 2 heterocycles. The van der Waals surface area contributed by atoms with Crippen LogP contribution >= 0.6 is 38.6 Å². The molecule has 2 rings (SSSR count). The van der Waals surface area contributed by atoms with Crippen molar-refractivity contribution in [1.82, 2.24) is 4.98 Å². The van der Waals surface area contributed by atoms with Gasteiger partial charge >= 0.3 is 0 Å². The highest BCUT2D eigenvalue weighted by Gasteiger charge is 2.25. The number of aryl methyl sites for hydroxylation is 1. The van der Waals surface area contributed by atoms with E-state index in [1.165, 1.54) is 9.75 Å². The molecule has 0 spiro atoms. The van der Waals surface area contributed by atoms with E-state index in [1.54, 1.807) is 22.7 Å². The molecule has 0 aliphatic rings. The second kappa shape index (κ2) is 4.80. The van der Waals surface area contributed by atoms with E-state index >= 15 is 0 Å². The predicted molar refractivity (Wildman–Crippen MR) is 79.9 cm³/mol. The molecule has 0 bridgehead atoms. The van der Waals surface area contributed by atoms with Crippen molar-refractivity contribution in [1.29, 1.82) is 0 Å². The molecular weight excluding hydrogens is 316 g/mol. The number of hydrogen-bond acceptors (Lipinski definition) is 4. The van der Waals surface area contributed by atoms with E-state index in [1.807, 2.05) is 0 Å². The van der Waals surface area contributed by atoms with Crippen LogP contribution in [0.3, 0.4) is 0 Å². The van der Waals surface area contributed by atoms with Crippen LogP contribution in [0, 0.1) is 6.92 Å². The van der Waals surface area contributed by atoms with Gasteiger partial charge in [0.05, 0.1) is 10.6 Å². The van der Waals surface area contributed by atoms with E-state index in [-0.39, 0.29) is 5.41 Å². The minimum absolute atomic E-state index is 0.00842. The van der Waals surface area contributed by atoms with Gasteiger partial charge in [-0.3, -0.25) is 0 Å². The summed E-state index contributed by atoms with van der Waals surface area (Å²) in [6, 6.07) is 2.11. The molecular formula is C12H15BrN2S2. The zero-order valence-corrected chi connectivity index (χ0v) is 13.3. The minimum Gasteiger partial charge on any atom is -0.330 e. The van der Waals surface area contributed by atoms with Crippen LogP contribution in [0.2, 0.25) is 0 Å². The fourth-order valence-corrected chi connectivity index (χ4v) is 4.32. The number of thiophene rings is 1. The first-order valence-electron chi connectivity index (χ1n) is 5.36. The fourth-order valence-electron chi connectivity index (χ4n) is 1.65. The third kappa shape index (κ3) is 2.62. The van der Waals surface area contributed by atoms with Crippen molar-refractivity contribution < 1.29 is 0 Å². The third-order valence-electron chi connectivity index (χ3n) is 2.70. The van der Waals surface area contributed by atoms with E-state index in [9.17, 15) is 0 Å². The van der Waals surface area contributed by atoms with Crippen molar-refractivity contribution in [3.8, 4) is 9.88 Å². The first-order chi connectivity index (χ1) is 7.94. The lowest BCUT2D eigenvalue weighted by Gasteiger charge is -2.20. The smallest absolute Gasteiger partial charge is 0.133 e. The van der Waals surface area contributed by atoms with E-state index in [0.29, 0.717) is 6.54 Å². The lowest BCUT2D eigenvalue weighted by Crippen LogP contribution is -2.27. The van der Waals surface area contributed by atoms with Gasteiger partial charge in [-0.05, 0) is 28.9 Å². The maximum absolute atomic E-state index is 5.83. The van der Waals surface area contributed by atoms with E-state index in [2.05, 4.69) is 53.1 Å². The summed E-state index contributed by atoms with van der Waals surface area (Å²) in [5.41, 5.74) is 6.94. The monoisotopic (exact) mass is 330 g/mol. The van der Waals surface area contributed by atoms with Crippen LogP contribution in [0.15, 0.2) is 15.9 Å². The number of nitrogens with zero attached hydrogens (tertiary/aromatic N) is 1. The summed E-state index contributed by atoms with van der Waals surface area (Å²) in [6.45, 7) is 7.04. The van der Waals surface area contributed by atoms with Crippen molar-refractivity contribution in [2.45, 2.75) is 26.2 Å². The van der Waals surface area contributed by atoms with Gasteiger partial charge in [0.25, 0.3) is 0 Å². The highest BCUT2D eigenvalue weighted by atomic mass is 79.9. The van der Waals surface area contributed by atoms with E-state index in [4.69, 9.17) is 5.73 Å². The molecule has 0 aromatic carbocycles. The number of hydrogen-bond donors (Lipinski definition) is 1. The Morgan fingerprint density at radius 3 is 2.71 bits per heavy atom. The highest BCUT2D eigenvalue weighted by Crippen LogP contribution is 2.38. The summed E-state index contributed by atoms with van der Waals surface area (Å²) in [6.07, 6.45) is 0. The highest BCUT2D eigenvalue weighted by molar-refractivity contribution is 9.10. The average molecular weight is 331 g/mol. The number of nitrogens with two attached hydrogens (primary N) is 1. The average Bonchev–Trinajstić information content (AvgIpc) is 2.85. The van der Waals surface area contributed by atoms with Crippen molar-refractivity contribution in [2.75, 3.05) is 6.54 Å². The topological polar surface area (TPSA) is 38.9 Å². The van der Waals surface area contributed by atoms with Gasteiger partial charge in [0.1, 0.15) is 5.01 Å². The minimum atomic E-state index is 0.00842. The summed E-state index contributed by atoms with van der Waals surface area (Å²) >= 11 is 6.94. The standard InChI is InChI=1S/C12H15BrN2S2/c1-7-10(12(2,3)6-14)17-11(15-7)9-4-8(13)5-16-9/h4-5H,6,14H2,1-3H3. The van der Waals surface area contributed by atoms with E-state index in [0.717, 1.165) is 15.2 Å². The van der Waals surface area contributed by atoms with Crippen LogP contribution < -0.4 is 5.73 Å². The van der Waals surface area contributed by atoms with Crippen LogP contribution in [0.25, 0.3) is 9.88 Å². The Kier molecular flexibility index (Phi) is 3.73. The first-order valence-corrected chi connectivity index (χ1v) is 7.85. The lowest BCUT2D eigenvalue weighted by molar-refractivity contribution is 0.546. The van der Waals surface area contributed by atoms with Gasteiger partial charge < -0.3 is 5.73 Å². The summed E-state index contributed by atoms with van der Waals surface area (Å²) in [5, 5.41) is 3.18. The summed E-state index contributed by atoms with van der Waals surface area (Å²) in [7, 11) is 0. The maximum atomic E-state index is 5.83. The molecule has 2 aromatic heterocycles. The molecule has 0 saturated heterocycles. The van der Waals surface area contributed by atoms with Crippen LogP contribution in [-0.2, 0) is 5.41 Å². The SMILES string of the molecule is Cc1nc(-c2cc(Br)cs2)sc1C(C)(C)CN. The van der Waals surface area contributed by atoms with Gasteiger partial charge in [0, 0.05) is 26.7 Å². The number of aromatic nitrogens is 1. The zero-order chi connectivity index (χ0) is 12.6. The Balaban J connectivity index is 2.44. The molecule has 0 radical (unpaired) electrons. The van der Waals surface area contributed by atoms with Crippen molar-refractivity contribution in [2.24, 2.45) is 5.73 Å². The molecule has 92 valence electrons. The first kappa shape index (κ1) is 13.2. The van der Waals surface area contributed by atoms with Gasteiger partial charge in [-0.1, -0.05) is 13.8 Å². The molecule has 0 atom stereocenters. The van der Waals surface area contributed by atoms with Crippen molar-refractivity contribution in [3.05, 3.63) is 26.5 Å². The molecule has 5 heteroatoms. The summed E-state index contributed by atoms with van der Waals surface area (Å²) < 4.78 is 1.12. The Morgan fingerprint density at radius 2 is 2.18 bits per heavy atom.